The van der Waals surface area contributed by atoms with Crippen LogP contribution in [0.25, 0.3) is 0 Å². The summed E-state index contributed by atoms with van der Waals surface area (Å²) in [6, 6.07) is 0. The molecule has 0 aromatic heterocycles. The van der Waals surface area contributed by atoms with Crippen LogP contribution >= 0.6 is 81.2 Å². The third kappa shape index (κ3) is 0.797. The van der Waals surface area contributed by atoms with Crippen LogP contribution in [0.5, 0.6) is 0 Å². The fourth-order valence-electron chi connectivity index (χ4n) is 4.64. The minimum Gasteiger partial charge on any atom is -0.299 e. The molecule has 4 fully saturated rings. The molecule has 0 aliphatic heterocycles. The quantitative estimate of drug-likeness (QED) is 0.577. The highest BCUT2D eigenvalue weighted by molar-refractivity contribution is 6.65. The van der Waals surface area contributed by atoms with Gasteiger partial charge in [-0.25, -0.2) is 0 Å². The highest BCUT2D eigenvalue weighted by Gasteiger charge is 3.01. The van der Waals surface area contributed by atoms with Gasteiger partial charge in [0.1, 0.15) is 15.5 Å². The molecular formula is C10H5Cl7O. The Hall–Kier alpha value is 1.70. The summed E-state index contributed by atoms with van der Waals surface area (Å²) in [4.78, 5) is 8.46. The number of ketones is 1. The monoisotopic (exact) mass is 386 g/mol. The molecular weight excluding hydrogens is 384 g/mol. The van der Waals surface area contributed by atoms with Crippen LogP contribution in [0.15, 0.2) is 0 Å². The van der Waals surface area contributed by atoms with E-state index in [-0.39, 0.29) is 5.78 Å². The molecule has 0 radical (unpaired) electrons. The average Bonchev–Trinajstić information content (AvgIpc) is 2.69. The molecule has 100 valence electrons. The van der Waals surface area contributed by atoms with Gasteiger partial charge in [-0.05, 0) is 0 Å². The third-order valence-electron chi connectivity index (χ3n) is 5.23. The second-order valence-corrected chi connectivity index (χ2v) is 9.63. The normalized spacial score (nSPS) is 70.6. The van der Waals surface area contributed by atoms with Gasteiger partial charge in [0.05, 0.1) is 21.5 Å². The molecule has 8 atom stereocenters. The summed E-state index contributed by atoms with van der Waals surface area (Å²) in [6.07, 6.45) is 0. The van der Waals surface area contributed by atoms with Crippen molar-refractivity contribution in [2.45, 2.75) is 29.7 Å². The van der Waals surface area contributed by atoms with Gasteiger partial charge in [0.2, 0.25) is 0 Å². The fourth-order valence-corrected chi connectivity index (χ4v) is 9.32. The summed E-state index contributed by atoms with van der Waals surface area (Å²) in [6.45, 7) is 0. The van der Waals surface area contributed by atoms with E-state index in [0.29, 0.717) is 0 Å². The second-order valence-electron chi connectivity index (χ2n) is 5.51. The first-order valence-electron chi connectivity index (χ1n) is 5.36. The topological polar surface area (TPSA) is 17.1 Å². The zero-order valence-electron chi connectivity index (χ0n) is 8.44. The Bertz CT molecular complexity index is 508. The van der Waals surface area contributed by atoms with Crippen LogP contribution in [0.1, 0.15) is 0 Å². The lowest BCUT2D eigenvalue weighted by atomic mass is 9.69. The summed E-state index contributed by atoms with van der Waals surface area (Å²) in [5.41, 5.74) is 0. The predicted molar refractivity (Wildman–Crippen MR) is 74.9 cm³/mol. The van der Waals surface area contributed by atoms with Crippen LogP contribution in [-0.4, -0.2) is 35.5 Å². The van der Waals surface area contributed by atoms with Crippen LogP contribution in [0, 0.1) is 17.8 Å². The maximum Gasteiger partial charge on any atom is 0.160 e. The first kappa shape index (κ1) is 13.4. The second kappa shape index (κ2) is 3.07. The molecule has 0 amide bonds. The van der Waals surface area contributed by atoms with Crippen LogP contribution in [-0.2, 0) is 4.79 Å². The lowest BCUT2D eigenvalue weighted by Gasteiger charge is -2.50. The molecule has 0 aromatic rings. The van der Waals surface area contributed by atoms with E-state index in [1.807, 2.05) is 0 Å². The molecule has 0 saturated heterocycles. The number of hydrogen-bond donors (Lipinski definition) is 0. The van der Waals surface area contributed by atoms with E-state index in [9.17, 15) is 4.79 Å². The maximum atomic E-state index is 12.4. The summed E-state index contributed by atoms with van der Waals surface area (Å²) in [5, 5.41) is -1.31. The molecule has 4 rings (SSSR count). The molecule has 0 unspecified atom stereocenters. The number of hydrogen-bond acceptors (Lipinski definition) is 1. The number of Topliss-reactive ketones (excluding diaryl/α,β-unsaturated/α-hetero) is 1. The average molecular weight is 389 g/mol. The van der Waals surface area contributed by atoms with Gasteiger partial charge < -0.3 is 0 Å². The van der Waals surface area contributed by atoms with E-state index in [0.717, 1.165) is 0 Å². The zero-order valence-corrected chi connectivity index (χ0v) is 13.7. The van der Waals surface area contributed by atoms with Crippen molar-refractivity contribution >= 4 is 87.0 Å². The van der Waals surface area contributed by atoms with E-state index < -0.39 is 47.5 Å². The van der Waals surface area contributed by atoms with Crippen molar-refractivity contribution in [3.8, 4) is 0 Å². The van der Waals surface area contributed by atoms with E-state index in [2.05, 4.69) is 0 Å². The van der Waals surface area contributed by atoms with Gasteiger partial charge in [-0.3, -0.25) is 4.79 Å². The Labute approximate surface area is 138 Å². The Balaban J connectivity index is 2.14. The summed E-state index contributed by atoms with van der Waals surface area (Å²) >= 11 is 45.3. The highest BCUT2D eigenvalue weighted by Crippen LogP contribution is 2.88. The van der Waals surface area contributed by atoms with Crippen LogP contribution in [0.3, 0.4) is 0 Å². The van der Waals surface area contributed by atoms with Crippen molar-refractivity contribution in [3.05, 3.63) is 0 Å². The van der Waals surface area contributed by atoms with Gasteiger partial charge in [-0.2, -0.15) is 0 Å². The summed E-state index contributed by atoms with van der Waals surface area (Å²) in [7, 11) is 0. The Morgan fingerprint density at radius 2 is 1.44 bits per heavy atom. The highest BCUT2D eigenvalue weighted by atomic mass is 35.5. The summed E-state index contributed by atoms with van der Waals surface area (Å²) < 4.78 is -1.58. The number of halogens is 7. The van der Waals surface area contributed by atoms with Gasteiger partial charge in [0.15, 0.2) is 4.33 Å². The first-order valence-corrected chi connectivity index (χ1v) is 8.12. The van der Waals surface area contributed by atoms with E-state index in [1.165, 1.54) is 0 Å². The molecule has 0 spiro atoms. The minimum atomic E-state index is -1.58. The zero-order chi connectivity index (χ0) is 13.5. The van der Waals surface area contributed by atoms with Gasteiger partial charge >= 0.3 is 0 Å². The molecule has 0 N–H and O–H groups in total. The number of carbonyl (C=O) groups excluding carboxylic acids is 1. The van der Waals surface area contributed by atoms with Crippen molar-refractivity contribution < 1.29 is 4.79 Å². The number of rotatable bonds is 0. The van der Waals surface area contributed by atoms with Crippen molar-refractivity contribution in [2.24, 2.45) is 17.8 Å². The molecule has 4 bridgehead atoms. The molecule has 4 aliphatic carbocycles. The van der Waals surface area contributed by atoms with E-state index in [4.69, 9.17) is 81.2 Å². The molecule has 0 heterocycles. The Morgan fingerprint density at radius 3 is 2.00 bits per heavy atom. The van der Waals surface area contributed by atoms with E-state index in [1.54, 1.807) is 0 Å². The number of carbonyl (C=O) groups is 1. The van der Waals surface area contributed by atoms with Crippen molar-refractivity contribution in [2.75, 3.05) is 0 Å². The maximum absolute atomic E-state index is 12.4. The number of fused-ring (bicyclic) bond motifs is 4. The third-order valence-corrected chi connectivity index (χ3v) is 10.7. The van der Waals surface area contributed by atoms with Crippen LogP contribution in [0.2, 0.25) is 0 Å². The first-order chi connectivity index (χ1) is 8.09. The van der Waals surface area contributed by atoms with E-state index >= 15 is 0 Å². The molecule has 0 aromatic carbocycles. The van der Waals surface area contributed by atoms with Crippen LogP contribution in [0.4, 0.5) is 0 Å². The number of alkyl halides is 7. The Morgan fingerprint density at radius 1 is 0.889 bits per heavy atom. The predicted octanol–water partition coefficient (Wildman–Crippen LogP) is 3.78. The summed E-state index contributed by atoms with van der Waals surface area (Å²) in [5.74, 6) is -1.80. The minimum absolute atomic E-state index is 0.110. The van der Waals surface area contributed by atoms with Gasteiger partial charge in [-0.1, -0.05) is 23.2 Å². The molecule has 1 nitrogen and oxygen atoms in total. The van der Waals surface area contributed by atoms with Gasteiger partial charge in [0.25, 0.3) is 0 Å². The molecule has 4 saturated carbocycles. The molecule has 4 aliphatic rings. The fraction of sp³-hybridized carbons (Fsp3) is 0.900. The van der Waals surface area contributed by atoms with Gasteiger partial charge in [0, 0.05) is 11.8 Å². The smallest absolute Gasteiger partial charge is 0.160 e. The van der Waals surface area contributed by atoms with Crippen LogP contribution < -0.4 is 0 Å². The largest absolute Gasteiger partial charge is 0.299 e. The van der Waals surface area contributed by atoms with Crippen molar-refractivity contribution in [3.63, 3.8) is 0 Å². The standard InChI is InChI=1S/C10H5Cl7O/c11-4-1-2-5(18)3(4)7(13)6(12)8(1,14)10(16,17)9(2,7)15/h1-4,6H/t1-,2+,3-,4-,6+,7-,8+,9-/m0/s1. The van der Waals surface area contributed by atoms with Crippen molar-refractivity contribution in [1.82, 2.24) is 0 Å². The molecule has 18 heavy (non-hydrogen) atoms. The Kier molecular flexibility index (Phi) is 2.28. The van der Waals surface area contributed by atoms with Gasteiger partial charge in [-0.15, -0.1) is 58.0 Å². The molecule has 8 heteroatoms. The SMILES string of the molecule is O=C1[C@@H]2[C@@H](Cl)[C@@H]3[C@H]1[C@@]1(Cl)C(Cl)(Cl)[C@]3(Cl)[C@H](Cl)[C@@]21Cl. The van der Waals surface area contributed by atoms with Crippen molar-refractivity contribution in [1.29, 1.82) is 0 Å². The lowest BCUT2D eigenvalue weighted by molar-refractivity contribution is -0.121. The lowest BCUT2D eigenvalue weighted by Crippen LogP contribution is -2.64.